The lowest BCUT2D eigenvalue weighted by Gasteiger charge is -2.28. The van der Waals surface area contributed by atoms with Gasteiger partial charge in [0.05, 0.1) is 19.8 Å². The Hall–Kier alpha value is -1.88. The lowest BCUT2D eigenvalue weighted by atomic mass is 9.99. The minimum atomic E-state index is 0.0389. The van der Waals surface area contributed by atoms with Gasteiger partial charge in [-0.25, -0.2) is 0 Å². The normalized spacial score (nSPS) is 22.2. The lowest BCUT2D eigenvalue weighted by molar-refractivity contribution is -0.141. The van der Waals surface area contributed by atoms with Crippen LogP contribution in [0.3, 0.4) is 0 Å². The molecular weight excluding hydrogens is 280 g/mol. The number of morpholine rings is 1. The molecule has 0 unspecified atom stereocenters. The van der Waals surface area contributed by atoms with Crippen LogP contribution in [-0.4, -0.2) is 61.0 Å². The Morgan fingerprint density at radius 3 is 2.64 bits per heavy atom. The molecule has 2 saturated heterocycles. The Morgan fingerprint density at radius 2 is 1.91 bits per heavy atom. The fourth-order valence-corrected chi connectivity index (χ4v) is 3.17. The number of benzene rings is 1. The van der Waals surface area contributed by atoms with Crippen molar-refractivity contribution in [3.05, 3.63) is 35.9 Å². The van der Waals surface area contributed by atoms with Crippen LogP contribution < -0.4 is 0 Å². The van der Waals surface area contributed by atoms with Gasteiger partial charge >= 0.3 is 0 Å². The highest BCUT2D eigenvalue weighted by molar-refractivity contribution is 5.86. The first-order chi connectivity index (χ1) is 10.7. The molecule has 0 aromatic heterocycles. The van der Waals surface area contributed by atoms with Gasteiger partial charge < -0.3 is 14.5 Å². The topological polar surface area (TPSA) is 49.9 Å². The molecule has 2 amide bonds. The van der Waals surface area contributed by atoms with Gasteiger partial charge in [0, 0.05) is 26.1 Å². The van der Waals surface area contributed by atoms with E-state index in [2.05, 4.69) is 12.1 Å². The fraction of sp³-hybridized carbons (Fsp3) is 0.529. The van der Waals surface area contributed by atoms with Gasteiger partial charge in [-0.1, -0.05) is 30.3 Å². The van der Waals surface area contributed by atoms with Crippen LogP contribution in [0.4, 0.5) is 0 Å². The standard InChI is InChI=1S/C17H22N2O3/c20-16-11-15(10-14-4-2-1-3-5-14)12-19(16)13-17(21)18-6-8-22-9-7-18/h1-5,15H,6-13H2/t15-/m1/s1. The number of amides is 2. The van der Waals surface area contributed by atoms with Crippen LogP contribution in [0.2, 0.25) is 0 Å². The van der Waals surface area contributed by atoms with Crippen molar-refractivity contribution in [2.75, 3.05) is 39.4 Å². The summed E-state index contributed by atoms with van der Waals surface area (Å²) in [6.45, 7) is 3.35. The van der Waals surface area contributed by atoms with Crippen LogP contribution >= 0.6 is 0 Å². The first-order valence-electron chi connectivity index (χ1n) is 7.89. The van der Waals surface area contributed by atoms with Gasteiger partial charge in [0.25, 0.3) is 0 Å². The zero-order valence-electron chi connectivity index (χ0n) is 12.7. The third-order valence-corrected chi connectivity index (χ3v) is 4.35. The molecule has 1 aromatic carbocycles. The van der Waals surface area contributed by atoms with Gasteiger partial charge in [0.2, 0.25) is 11.8 Å². The average molecular weight is 302 g/mol. The zero-order valence-corrected chi connectivity index (χ0v) is 12.7. The molecule has 0 bridgehead atoms. The third kappa shape index (κ3) is 3.65. The number of hydrogen-bond donors (Lipinski definition) is 0. The SMILES string of the molecule is O=C(CN1C[C@H](Cc2ccccc2)CC1=O)N1CCOCC1. The summed E-state index contributed by atoms with van der Waals surface area (Å²) in [6.07, 6.45) is 1.44. The molecule has 2 fully saturated rings. The zero-order chi connectivity index (χ0) is 15.4. The van der Waals surface area contributed by atoms with E-state index >= 15 is 0 Å². The summed E-state index contributed by atoms with van der Waals surface area (Å²) in [5, 5.41) is 0. The molecule has 2 heterocycles. The largest absolute Gasteiger partial charge is 0.378 e. The summed E-state index contributed by atoms with van der Waals surface area (Å²) in [6, 6.07) is 10.2. The Bertz CT molecular complexity index is 526. The number of hydrogen-bond acceptors (Lipinski definition) is 3. The summed E-state index contributed by atoms with van der Waals surface area (Å²) in [4.78, 5) is 27.9. The molecular formula is C17H22N2O3. The quantitative estimate of drug-likeness (QED) is 0.831. The van der Waals surface area contributed by atoms with Crippen LogP contribution in [0.5, 0.6) is 0 Å². The van der Waals surface area contributed by atoms with Crippen LogP contribution in [0.1, 0.15) is 12.0 Å². The second kappa shape index (κ2) is 6.92. The highest BCUT2D eigenvalue weighted by atomic mass is 16.5. The van der Waals surface area contributed by atoms with Gasteiger partial charge in [-0.05, 0) is 17.9 Å². The molecule has 5 nitrogen and oxygen atoms in total. The van der Waals surface area contributed by atoms with E-state index in [1.807, 2.05) is 18.2 Å². The monoisotopic (exact) mass is 302 g/mol. The maximum Gasteiger partial charge on any atom is 0.242 e. The molecule has 0 spiro atoms. The van der Waals surface area contributed by atoms with Crippen molar-refractivity contribution < 1.29 is 14.3 Å². The molecule has 0 radical (unpaired) electrons. The maximum atomic E-state index is 12.2. The fourth-order valence-electron chi connectivity index (χ4n) is 3.17. The summed E-state index contributed by atoms with van der Waals surface area (Å²) in [5.41, 5.74) is 1.25. The van der Waals surface area contributed by atoms with Gasteiger partial charge in [0.1, 0.15) is 0 Å². The van der Waals surface area contributed by atoms with E-state index in [4.69, 9.17) is 4.74 Å². The van der Waals surface area contributed by atoms with E-state index in [0.717, 1.165) is 6.42 Å². The van der Waals surface area contributed by atoms with Crippen molar-refractivity contribution in [1.29, 1.82) is 0 Å². The smallest absolute Gasteiger partial charge is 0.242 e. The van der Waals surface area contributed by atoms with E-state index in [-0.39, 0.29) is 18.4 Å². The minimum Gasteiger partial charge on any atom is -0.378 e. The molecule has 118 valence electrons. The first-order valence-corrected chi connectivity index (χ1v) is 7.89. The second-order valence-corrected chi connectivity index (χ2v) is 6.03. The Morgan fingerprint density at radius 1 is 1.18 bits per heavy atom. The lowest BCUT2D eigenvalue weighted by Crippen LogP contribution is -2.46. The highest BCUT2D eigenvalue weighted by Crippen LogP contribution is 2.22. The predicted molar refractivity (Wildman–Crippen MR) is 82.2 cm³/mol. The average Bonchev–Trinajstić information content (AvgIpc) is 2.88. The number of ether oxygens (including phenoxy) is 1. The molecule has 2 aliphatic rings. The Kier molecular flexibility index (Phi) is 4.73. The maximum absolute atomic E-state index is 12.2. The van der Waals surface area contributed by atoms with Crippen LogP contribution in [-0.2, 0) is 20.7 Å². The molecule has 22 heavy (non-hydrogen) atoms. The molecule has 3 rings (SSSR count). The van der Waals surface area contributed by atoms with E-state index in [9.17, 15) is 9.59 Å². The summed E-state index contributed by atoms with van der Waals surface area (Å²) >= 11 is 0. The molecule has 0 aliphatic carbocycles. The van der Waals surface area contributed by atoms with Crippen molar-refractivity contribution in [2.24, 2.45) is 5.92 Å². The Labute approximate surface area is 130 Å². The van der Waals surface area contributed by atoms with Crippen molar-refractivity contribution in [1.82, 2.24) is 9.80 Å². The predicted octanol–water partition coefficient (Wildman–Crippen LogP) is 0.936. The molecule has 0 saturated carbocycles. The number of likely N-dealkylation sites (tertiary alicyclic amines) is 1. The van der Waals surface area contributed by atoms with E-state index in [0.29, 0.717) is 45.2 Å². The van der Waals surface area contributed by atoms with Gasteiger partial charge in [0.15, 0.2) is 0 Å². The van der Waals surface area contributed by atoms with E-state index in [1.54, 1.807) is 9.80 Å². The Balaban J connectivity index is 1.52. The summed E-state index contributed by atoms with van der Waals surface area (Å²) in [7, 11) is 0. The number of carbonyl (C=O) groups is 2. The van der Waals surface area contributed by atoms with Gasteiger partial charge in [-0.3, -0.25) is 9.59 Å². The summed E-state index contributed by atoms with van der Waals surface area (Å²) in [5.74, 6) is 0.451. The van der Waals surface area contributed by atoms with Crippen molar-refractivity contribution in [3.8, 4) is 0 Å². The van der Waals surface area contributed by atoms with Gasteiger partial charge in [-0.2, -0.15) is 0 Å². The second-order valence-electron chi connectivity index (χ2n) is 6.03. The molecule has 2 aliphatic heterocycles. The third-order valence-electron chi connectivity index (χ3n) is 4.35. The molecule has 0 N–H and O–H groups in total. The number of nitrogens with zero attached hydrogens (tertiary/aromatic N) is 2. The molecule has 1 aromatic rings. The van der Waals surface area contributed by atoms with E-state index < -0.39 is 0 Å². The van der Waals surface area contributed by atoms with E-state index in [1.165, 1.54) is 5.56 Å². The van der Waals surface area contributed by atoms with Crippen LogP contribution in [0.25, 0.3) is 0 Å². The van der Waals surface area contributed by atoms with Crippen LogP contribution in [0, 0.1) is 5.92 Å². The first kappa shape index (κ1) is 15.0. The van der Waals surface area contributed by atoms with Crippen molar-refractivity contribution in [2.45, 2.75) is 12.8 Å². The summed E-state index contributed by atoms with van der Waals surface area (Å²) < 4.78 is 5.25. The van der Waals surface area contributed by atoms with Crippen molar-refractivity contribution >= 4 is 11.8 Å². The van der Waals surface area contributed by atoms with Crippen molar-refractivity contribution in [3.63, 3.8) is 0 Å². The van der Waals surface area contributed by atoms with Crippen LogP contribution in [0.15, 0.2) is 30.3 Å². The number of carbonyl (C=O) groups excluding carboxylic acids is 2. The molecule has 5 heteroatoms. The molecule has 1 atom stereocenters. The minimum absolute atomic E-state index is 0.0389. The highest BCUT2D eigenvalue weighted by Gasteiger charge is 2.32. The number of rotatable bonds is 4. The van der Waals surface area contributed by atoms with Gasteiger partial charge in [-0.15, -0.1) is 0 Å².